The summed E-state index contributed by atoms with van der Waals surface area (Å²) in [7, 11) is 0. The maximum absolute atomic E-state index is 12.9. The molecule has 1 heterocycles. The summed E-state index contributed by atoms with van der Waals surface area (Å²) in [6, 6.07) is 24.0. The zero-order valence-corrected chi connectivity index (χ0v) is 20.7. The number of carbonyl (C=O) groups is 3. The summed E-state index contributed by atoms with van der Waals surface area (Å²) >= 11 is 0. The molecule has 2 N–H and O–H groups in total. The third-order valence-electron chi connectivity index (χ3n) is 6.54. The van der Waals surface area contributed by atoms with E-state index in [1.54, 1.807) is 17.0 Å². The standard InChI is InChI=1S/C29H32N4O3/c1-21-9-6-7-12-24(21)20-27(34)32-15-17-33(18-16-32)29(36)30-22(2)25-13-8-14-26(19-25)31-28(35)23-10-4-3-5-11-23/h3-14,19,22H,15-18,20H2,1-2H3,(H,30,36)(H,31,35). The number of aryl methyl sites for hydroxylation is 1. The zero-order valence-electron chi connectivity index (χ0n) is 20.7. The SMILES string of the molecule is Cc1ccccc1CC(=O)N1CCN(C(=O)NC(C)c2cccc(NC(=O)c3ccccc3)c2)CC1. The van der Waals surface area contributed by atoms with E-state index in [0.717, 1.165) is 16.7 Å². The fourth-order valence-corrected chi connectivity index (χ4v) is 4.28. The van der Waals surface area contributed by atoms with Crippen LogP contribution in [0.25, 0.3) is 0 Å². The molecule has 1 unspecified atom stereocenters. The van der Waals surface area contributed by atoms with Gasteiger partial charge in [0.05, 0.1) is 12.5 Å². The van der Waals surface area contributed by atoms with Gasteiger partial charge < -0.3 is 20.4 Å². The highest BCUT2D eigenvalue weighted by Crippen LogP contribution is 2.19. The number of nitrogens with zero attached hydrogens (tertiary/aromatic N) is 2. The molecule has 1 aliphatic heterocycles. The van der Waals surface area contributed by atoms with Crippen molar-refractivity contribution >= 4 is 23.5 Å². The normalized spacial score (nSPS) is 14.2. The molecule has 3 aromatic carbocycles. The van der Waals surface area contributed by atoms with Gasteiger partial charge in [-0.3, -0.25) is 9.59 Å². The van der Waals surface area contributed by atoms with Gasteiger partial charge in [0, 0.05) is 37.4 Å². The quantitative estimate of drug-likeness (QED) is 0.544. The van der Waals surface area contributed by atoms with Gasteiger partial charge in [-0.25, -0.2) is 4.79 Å². The van der Waals surface area contributed by atoms with E-state index in [-0.39, 0.29) is 23.9 Å². The highest BCUT2D eigenvalue weighted by atomic mass is 16.2. The molecule has 1 saturated heterocycles. The number of hydrogen-bond acceptors (Lipinski definition) is 3. The summed E-state index contributed by atoms with van der Waals surface area (Å²) in [6.07, 6.45) is 0.382. The molecule has 0 aromatic heterocycles. The van der Waals surface area contributed by atoms with Gasteiger partial charge in [-0.1, -0.05) is 54.6 Å². The van der Waals surface area contributed by atoms with E-state index in [4.69, 9.17) is 0 Å². The number of anilines is 1. The van der Waals surface area contributed by atoms with Gasteiger partial charge in [-0.2, -0.15) is 0 Å². The van der Waals surface area contributed by atoms with Crippen LogP contribution in [0.1, 0.15) is 40.0 Å². The molecule has 186 valence electrons. The van der Waals surface area contributed by atoms with E-state index < -0.39 is 0 Å². The van der Waals surface area contributed by atoms with E-state index >= 15 is 0 Å². The number of benzene rings is 3. The first kappa shape index (κ1) is 25.0. The van der Waals surface area contributed by atoms with Gasteiger partial charge in [-0.05, 0) is 54.8 Å². The summed E-state index contributed by atoms with van der Waals surface area (Å²) in [5.41, 5.74) is 4.30. The topological polar surface area (TPSA) is 81.8 Å². The van der Waals surface area contributed by atoms with Crippen LogP contribution in [0.15, 0.2) is 78.9 Å². The first-order valence-electron chi connectivity index (χ1n) is 12.2. The fraction of sp³-hybridized carbons (Fsp3) is 0.276. The predicted molar refractivity (Wildman–Crippen MR) is 141 cm³/mol. The smallest absolute Gasteiger partial charge is 0.317 e. The summed E-state index contributed by atoms with van der Waals surface area (Å²) in [5.74, 6) is -0.0913. The average molecular weight is 485 g/mol. The molecule has 0 radical (unpaired) electrons. The highest BCUT2D eigenvalue weighted by molar-refractivity contribution is 6.04. The van der Waals surface area contributed by atoms with Crippen LogP contribution < -0.4 is 10.6 Å². The van der Waals surface area contributed by atoms with Crippen LogP contribution in [0.3, 0.4) is 0 Å². The van der Waals surface area contributed by atoms with Crippen molar-refractivity contribution in [2.24, 2.45) is 0 Å². The molecule has 1 aliphatic rings. The van der Waals surface area contributed by atoms with Crippen LogP contribution >= 0.6 is 0 Å². The molecule has 4 amide bonds. The Morgan fingerprint density at radius 2 is 1.50 bits per heavy atom. The van der Waals surface area contributed by atoms with Gasteiger partial charge in [0.2, 0.25) is 5.91 Å². The van der Waals surface area contributed by atoms with Gasteiger partial charge in [-0.15, -0.1) is 0 Å². The molecule has 0 bridgehead atoms. The molecule has 36 heavy (non-hydrogen) atoms. The number of piperazine rings is 1. The van der Waals surface area contributed by atoms with E-state index in [9.17, 15) is 14.4 Å². The Morgan fingerprint density at radius 1 is 0.833 bits per heavy atom. The number of nitrogens with one attached hydrogen (secondary N) is 2. The fourth-order valence-electron chi connectivity index (χ4n) is 4.28. The largest absolute Gasteiger partial charge is 0.339 e. The van der Waals surface area contributed by atoms with Crippen LogP contribution in [0.5, 0.6) is 0 Å². The maximum atomic E-state index is 12.9. The third kappa shape index (κ3) is 6.30. The second-order valence-electron chi connectivity index (χ2n) is 9.09. The monoisotopic (exact) mass is 484 g/mol. The lowest BCUT2D eigenvalue weighted by atomic mass is 10.1. The van der Waals surface area contributed by atoms with Gasteiger partial charge in [0.25, 0.3) is 5.91 Å². The number of amides is 4. The molecule has 0 saturated carbocycles. The van der Waals surface area contributed by atoms with Crippen LogP contribution in [-0.4, -0.2) is 53.8 Å². The summed E-state index contributed by atoms with van der Waals surface area (Å²) in [5, 5.41) is 5.95. The van der Waals surface area contributed by atoms with Gasteiger partial charge >= 0.3 is 6.03 Å². The van der Waals surface area contributed by atoms with Crippen LogP contribution in [0, 0.1) is 6.92 Å². The molecule has 3 aromatic rings. The summed E-state index contributed by atoms with van der Waals surface area (Å²) in [6.45, 7) is 5.95. The molecule has 0 spiro atoms. The van der Waals surface area contributed by atoms with E-state index in [1.807, 2.05) is 85.5 Å². The molecular weight excluding hydrogens is 452 g/mol. The third-order valence-corrected chi connectivity index (χ3v) is 6.54. The first-order chi connectivity index (χ1) is 17.4. The van der Waals surface area contributed by atoms with Crippen molar-refractivity contribution in [3.05, 3.63) is 101 Å². The molecule has 0 aliphatic carbocycles. The Balaban J connectivity index is 1.28. The average Bonchev–Trinajstić information content (AvgIpc) is 2.90. The highest BCUT2D eigenvalue weighted by Gasteiger charge is 2.25. The van der Waals surface area contributed by atoms with Crippen molar-refractivity contribution in [2.45, 2.75) is 26.3 Å². The Kier molecular flexibility index (Phi) is 8.00. The molecular formula is C29H32N4O3. The Morgan fingerprint density at radius 3 is 2.22 bits per heavy atom. The van der Waals surface area contributed by atoms with Crippen LogP contribution in [0.4, 0.5) is 10.5 Å². The van der Waals surface area contributed by atoms with Crippen LogP contribution in [-0.2, 0) is 11.2 Å². The lowest BCUT2D eigenvalue weighted by Gasteiger charge is -2.35. The van der Waals surface area contributed by atoms with Crippen LogP contribution in [0.2, 0.25) is 0 Å². The number of carbonyl (C=O) groups excluding carboxylic acids is 3. The number of hydrogen-bond donors (Lipinski definition) is 2. The van der Waals surface area contributed by atoms with Gasteiger partial charge in [0.1, 0.15) is 0 Å². The number of rotatable bonds is 6. The second kappa shape index (κ2) is 11.5. The first-order valence-corrected chi connectivity index (χ1v) is 12.2. The minimum absolute atomic E-state index is 0.0899. The summed E-state index contributed by atoms with van der Waals surface area (Å²) in [4.78, 5) is 41.7. The van der Waals surface area contributed by atoms with Crippen molar-refractivity contribution in [2.75, 3.05) is 31.5 Å². The molecule has 7 heteroatoms. The molecule has 1 fully saturated rings. The second-order valence-corrected chi connectivity index (χ2v) is 9.09. The lowest BCUT2D eigenvalue weighted by molar-refractivity contribution is -0.131. The van der Waals surface area contributed by atoms with Crippen molar-refractivity contribution < 1.29 is 14.4 Å². The van der Waals surface area contributed by atoms with Crippen molar-refractivity contribution in [1.29, 1.82) is 0 Å². The maximum Gasteiger partial charge on any atom is 0.317 e. The van der Waals surface area contributed by atoms with E-state index in [2.05, 4.69) is 10.6 Å². The Hall–Kier alpha value is -4.13. The minimum Gasteiger partial charge on any atom is -0.339 e. The van der Waals surface area contributed by atoms with E-state index in [0.29, 0.717) is 43.9 Å². The zero-order chi connectivity index (χ0) is 25.5. The minimum atomic E-state index is -0.244. The van der Waals surface area contributed by atoms with Crippen molar-refractivity contribution in [3.8, 4) is 0 Å². The lowest BCUT2D eigenvalue weighted by Crippen LogP contribution is -2.53. The molecule has 1 atom stereocenters. The predicted octanol–water partition coefficient (Wildman–Crippen LogP) is 4.40. The molecule has 7 nitrogen and oxygen atoms in total. The molecule has 4 rings (SSSR count). The Labute approximate surface area is 212 Å². The Bertz CT molecular complexity index is 1220. The van der Waals surface area contributed by atoms with Crippen molar-refractivity contribution in [3.63, 3.8) is 0 Å². The summed E-state index contributed by atoms with van der Waals surface area (Å²) < 4.78 is 0. The van der Waals surface area contributed by atoms with E-state index in [1.165, 1.54) is 0 Å². The number of urea groups is 1. The van der Waals surface area contributed by atoms with Gasteiger partial charge in [0.15, 0.2) is 0 Å². The van der Waals surface area contributed by atoms with Crippen molar-refractivity contribution in [1.82, 2.24) is 15.1 Å².